The van der Waals surface area contributed by atoms with Crippen molar-refractivity contribution < 1.29 is 5.11 Å². The highest BCUT2D eigenvalue weighted by atomic mass is 79.9. The molecule has 0 bridgehead atoms. The molecule has 0 saturated carbocycles. The summed E-state index contributed by atoms with van der Waals surface area (Å²) in [7, 11) is 0. The molecule has 4 rings (SSSR count). The van der Waals surface area contributed by atoms with Crippen LogP contribution in [0.5, 0.6) is 5.75 Å². The Morgan fingerprint density at radius 1 is 0.783 bits per heavy atom. The van der Waals surface area contributed by atoms with Crippen molar-refractivity contribution >= 4 is 37.5 Å². The van der Waals surface area contributed by atoms with Crippen LogP contribution >= 0.6 is 15.9 Å². The van der Waals surface area contributed by atoms with Gasteiger partial charge in [-0.25, -0.2) is 0 Å². The first-order valence-electron chi connectivity index (χ1n) is 7.55. The maximum atomic E-state index is 10.6. The van der Waals surface area contributed by atoms with Crippen molar-refractivity contribution in [1.82, 2.24) is 0 Å². The molecule has 2 heteroatoms. The highest BCUT2D eigenvalue weighted by Crippen LogP contribution is 2.43. The van der Waals surface area contributed by atoms with Crippen molar-refractivity contribution in [3.05, 3.63) is 76.8 Å². The van der Waals surface area contributed by atoms with Gasteiger partial charge in [-0.3, -0.25) is 0 Å². The second-order valence-corrected chi connectivity index (χ2v) is 6.69. The Hall–Kier alpha value is -2.32. The maximum Gasteiger partial charge on any atom is 0.137 e. The van der Waals surface area contributed by atoms with Gasteiger partial charge in [0.05, 0.1) is 4.47 Å². The molecule has 0 amide bonds. The van der Waals surface area contributed by atoms with Crippen molar-refractivity contribution in [2.45, 2.75) is 6.92 Å². The summed E-state index contributed by atoms with van der Waals surface area (Å²) in [6.45, 7) is 2.04. The lowest BCUT2D eigenvalue weighted by Crippen LogP contribution is -1.88. The third-order valence-corrected chi connectivity index (χ3v) is 4.85. The highest BCUT2D eigenvalue weighted by Gasteiger charge is 2.15. The lowest BCUT2D eigenvalue weighted by atomic mass is 9.91. The SMILES string of the molecule is Cc1cc(Br)c(O)c(-c2c3ccccc3cc3ccccc23)c1. The minimum Gasteiger partial charge on any atom is -0.506 e. The molecule has 0 saturated heterocycles. The molecule has 0 radical (unpaired) electrons. The molecule has 0 aliphatic rings. The molecule has 4 aromatic rings. The lowest BCUT2D eigenvalue weighted by molar-refractivity contribution is 0.474. The zero-order chi connectivity index (χ0) is 16.0. The fraction of sp³-hybridized carbons (Fsp3) is 0.0476. The Balaban J connectivity index is 2.24. The molecule has 0 unspecified atom stereocenters. The standard InChI is InChI=1S/C21H15BrO/c1-13-10-18(21(23)19(22)11-13)20-16-8-4-2-6-14(16)12-15-7-3-5-9-17(15)20/h2-12,23H,1H3. The molecule has 0 fully saturated rings. The van der Waals surface area contributed by atoms with Gasteiger partial charge in [0, 0.05) is 11.1 Å². The smallest absolute Gasteiger partial charge is 0.137 e. The number of hydrogen-bond acceptors (Lipinski definition) is 1. The first-order valence-corrected chi connectivity index (χ1v) is 8.34. The van der Waals surface area contributed by atoms with E-state index in [-0.39, 0.29) is 5.75 Å². The number of phenolic OH excluding ortho intramolecular Hbond substituents is 1. The Morgan fingerprint density at radius 3 is 1.96 bits per heavy atom. The van der Waals surface area contributed by atoms with Gasteiger partial charge in [0.1, 0.15) is 5.75 Å². The Bertz CT molecular complexity index is 996. The number of aryl methyl sites for hydroxylation is 1. The van der Waals surface area contributed by atoms with Crippen LogP contribution in [-0.4, -0.2) is 5.11 Å². The molecule has 23 heavy (non-hydrogen) atoms. The van der Waals surface area contributed by atoms with Crippen molar-refractivity contribution in [2.75, 3.05) is 0 Å². The summed E-state index contributed by atoms with van der Waals surface area (Å²) in [5.41, 5.74) is 3.06. The number of hydrogen-bond donors (Lipinski definition) is 1. The van der Waals surface area contributed by atoms with Gasteiger partial charge in [0.2, 0.25) is 0 Å². The molecular weight excluding hydrogens is 348 g/mol. The van der Waals surface area contributed by atoms with Gasteiger partial charge in [-0.2, -0.15) is 0 Å². The molecule has 1 N–H and O–H groups in total. The number of phenols is 1. The lowest BCUT2D eigenvalue weighted by Gasteiger charge is -2.15. The first-order chi connectivity index (χ1) is 11.1. The number of fused-ring (bicyclic) bond motifs is 2. The summed E-state index contributed by atoms with van der Waals surface area (Å²) in [6.07, 6.45) is 0. The Morgan fingerprint density at radius 2 is 1.35 bits per heavy atom. The molecule has 112 valence electrons. The van der Waals surface area contributed by atoms with E-state index >= 15 is 0 Å². The van der Waals surface area contributed by atoms with Gasteiger partial charge in [-0.1, -0.05) is 48.5 Å². The van der Waals surface area contributed by atoms with Gasteiger partial charge < -0.3 is 5.11 Å². The van der Waals surface area contributed by atoms with E-state index < -0.39 is 0 Å². The molecule has 0 aliphatic carbocycles. The van der Waals surface area contributed by atoms with Gasteiger partial charge in [0.15, 0.2) is 0 Å². The van der Waals surface area contributed by atoms with Gasteiger partial charge in [-0.05, 0) is 68.2 Å². The summed E-state index contributed by atoms with van der Waals surface area (Å²) in [4.78, 5) is 0. The summed E-state index contributed by atoms with van der Waals surface area (Å²) >= 11 is 3.47. The summed E-state index contributed by atoms with van der Waals surface area (Å²) < 4.78 is 0.726. The molecule has 0 aliphatic heterocycles. The Kier molecular flexibility index (Phi) is 3.35. The summed E-state index contributed by atoms with van der Waals surface area (Å²) in [5, 5.41) is 15.3. The number of aromatic hydroxyl groups is 1. The normalized spacial score (nSPS) is 11.2. The van der Waals surface area contributed by atoms with Gasteiger partial charge in [0.25, 0.3) is 0 Å². The quantitative estimate of drug-likeness (QED) is 0.386. The van der Waals surface area contributed by atoms with Crippen LogP contribution in [0.2, 0.25) is 0 Å². The molecule has 0 atom stereocenters. The van der Waals surface area contributed by atoms with Crippen molar-refractivity contribution in [2.24, 2.45) is 0 Å². The number of rotatable bonds is 1. The first kappa shape index (κ1) is 14.3. The van der Waals surface area contributed by atoms with E-state index in [9.17, 15) is 5.11 Å². The second-order valence-electron chi connectivity index (χ2n) is 5.84. The van der Waals surface area contributed by atoms with E-state index in [1.54, 1.807) is 0 Å². The van der Waals surface area contributed by atoms with E-state index in [4.69, 9.17) is 0 Å². The van der Waals surface area contributed by atoms with Crippen LogP contribution in [0.1, 0.15) is 5.56 Å². The van der Waals surface area contributed by atoms with Crippen LogP contribution in [-0.2, 0) is 0 Å². The van der Waals surface area contributed by atoms with Crippen molar-refractivity contribution in [3.63, 3.8) is 0 Å². The molecule has 4 aromatic carbocycles. The van der Waals surface area contributed by atoms with E-state index in [1.807, 2.05) is 43.3 Å². The zero-order valence-electron chi connectivity index (χ0n) is 12.7. The van der Waals surface area contributed by atoms with Crippen LogP contribution in [0, 0.1) is 6.92 Å². The fourth-order valence-corrected chi connectivity index (χ4v) is 3.80. The number of halogens is 1. The van der Waals surface area contributed by atoms with E-state index in [0.29, 0.717) is 0 Å². The summed E-state index contributed by atoms with van der Waals surface area (Å²) in [5.74, 6) is 0.289. The number of benzene rings is 4. The molecule has 0 heterocycles. The zero-order valence-corrected chi connectivity index (χ0v) is 14.3. The fourth-order valence-electron chi connectivity index (χ4n) is 3.23. The van der Waals surface area contributed by atoms with Crippen LogP contribution < -0.4 is 0 Å². The third kappa shape index (κ3) is 2.30. The minimum atomic E-state index is 0.289. The highest BCUT2D eigenvalue weighted by molar-refractivity contribution is 9.10. The van der Waals surface area contributed by atoms with Gasteiger partial charge in [-0.15, -0.1) is 0 Å². The van der Waals surface area contributed by atoms with Crippen LogP contribution in [0.25, 0.3) is 32.7 Å². The average molecular weight is 363 g/mol. The monoisotopic (exact) mass is 362 g/mol. The Labute approximate surface area is 143 Å². The van der Waals surface area contributed by atoms with Crippen LogP contribution in [0.15, 0.2) is 71.2 Å². The maximum absolute atomic E-state index is 10.6. The second kappa shape index (κ2) is 5.39. The topological polar surface area (TPSA) is 20.2 Å². The third-order valence-electron chi connectivity index (χ3n) is 4.25. The largest absolute Gasteiger partial charge is 0.506 e. The van der Waals surface area contributed by atoms with Crippen molar-refractivity contribution in [3.8, 4) is 16.9 Å². The van der Waals surface area contributed by atoms with Crippen LogP contribution in [0.3, 0.4) is 0 Å². The molecule has 0 spiro atoms. The molecule has 1 nitrogen and oxygen atoms in total. The summed E-state index contributed by atoms with van der Waals surface area (Å²) in [6, 6.07) is 22.8. The van der Waals surface area contributed by atoms with E-state index in [2.05, 4.69) is 46.3 Å². The van der Waals surface area contributed by atoms with E-state index in [0.717, 1.165) is 31.9 Å². The van der Waals surface area contributed by atoms with Crippen LogP contribution in [0.4, 0.5) is 0 Å². The van der Waals surface area contributed by atoms with Gasteiger partial charge >= 0.3 is 0 Å². The molecular formula is C21H15BrO. The minimum absolute atomic E-state index is 0.289. The average Bonchev–Trinajstić information content (AvgIpc) is 2.56. The molecule has 0 aromatic heterocycles. The predicted octanol–water partition coefficient (Wildman–Crippen LogP) is 6.44. The predicted molar refractivity (Wildman–Crippen MR) is 101 cm³/mol. The van der Waals surface area contributed by atoms with E-state index in [1.165, 1.54) is 10.8 Å². The van der Waals surface area contributed by atoms with Crippen molar-refractivity contribution in [1.29, 1.82) is 0 Å².